The van der Waals surface area contributed by atoms with Crippen molar-refractivity contribution in [1.29, 1.82) is 0 Å². The Hall–Kier alpha value is -4.35. The van der Waals surface area contributed by atoms with E-state index >= 15 is 0 Å². The average molecular weight is 686 g/mol. The van der Waals surface area contributed by atoms with Gasteiger partial charge in [0.1, 0.15) is 11.8 Å². The molecule has 17 heteroatoms. The number of imide groups is 1. The topological polar surface area (TPSA) is 192 Å². The smallest absolute Gasteiger partial charge is 0.308 e. The van der Waals surface area contributed by atoms with Gasteiger partial charge >= 0.3 is 4.87 Å². The number of thiazole rings is 1. The number of hydrogen-bond acceptors (Lipinski definition) is 10. The second-order valence-electron chi connectivity index (χ2n) is 10.1. The number of primary sulfonamides is 1. The van der Waals surface area contributed by atoms with Gasteiger partial charge in [0.25, 0.3) is 5.69 Å². The third-order valence-corrected chi connectivity index (χ3v) is 11.2. The van der Waals surface area contributed by atoms with Crippen molar-refractivity contribution in [2.45, 2.75) is 27.6 Å². The van der Waals surface area contributed by atoms with E-state index in [1.54, 1.807) is 24.3 Å². The van der Waals surface area contributed by atoms with Crippen LogP contribution in [0, 0.1) is 16.0 Å². The molecule has 3 aromatic carbocycles. The van der Waals surface area contributed by atoms with Gasteiger partial charge in [-0.1, -0.05) is 46.8 Å². The second kappa shape index (κ2) is 11.5. The number of hydrogen-bond donors (Lipinski definition) is 2. The fourth-order valence-electron chi connectivity index (χ4n) is 5.33. The van der Waals surface area contributed by atoms with Crippen LogP contribution in [0.2, 0.25) is 5.02 Å². The lowest BCUT2D eigenvalue weighted by atomic mass is 9.83. The van der Waals surface area contributed by atoms with Crippen LogP contribution in [0.4, 0.5) is 17.1 Å². The van der Waals surface area contributed by atoms with Crippen molar-refractivity contribution in [1.82, 2.24) is 4.57 Å². The maximum absolute atomic E-state index is 13.9. The number of nitrogens with one attached hydrogen (secondary N) is 1. The van der Waals surface area contributed by atoms with Crippen LogP contribution in [-0.4, -0.2) is 40.9 Å². The first-order valence-corrected chi connectivity index (χ1v) is 16.7. The molecule has 45 heavy (non-hydrogen) atoms. The van der Waals surface area contributed by atoms with E-state index < -0.39 is 61.2 Å². The minimum absolute atomic E-state index is 0.138. The number of nitro groups is 1. The third-order valence-electron chi connectivity index (χ3n) is 7.37. The molecule has 0 spiro atoms. The summed E-state index contributed by atoms with van der Waals surface area (Å²) >= 11 is 8.00. The summed E-state index contributed by atoms with van der Waals surface area (Å²) < 4.78 is 24.3. The van der Waals surface area contributed by atoms with Crippen LogP contribution in [0.5, 0.6) is 0 Å². The van der Waals surface area contributed by atoms with E-state index in [1.165, 1.54) is 53.1 Å². The highest BCUT2D eigenvalue weighted by Gasteiger charge is 2.56. The van der Waals surface area contributed by atoms with Gasteiger partial charge in [-0.25, -0.2) is 18.5 Å². The molecule has 0 radical (unpaired) electrons. The number of fused-ring (bicyclic) bond motifs is 2. The monoisotopic (exact) mass is 685 g/mol. The van der Waals surface area contributed by atoms with Crippen molar-refractivity contribution >= 4 is 79.5 Å². The Kier molecular flexibility index (Phi) is 7.86. The largest absolute Gasteiger partial charge is 0.325 e. The van der Waals surface area contributed by atoms with Crippen LogP contribution in [0.25, 0.3) is 0 Å². The molecular formula is C28H20ClN5O8S3. The quantitative estimate of drug-likeness (QED) is 0.166. The average Bonchev–Trinajstić information content (AvgIpc) is 3.43. The summed E-state index contributed by atoms with van der Waals surface area (Å²) in [4.78, 5) is 65.5. The van der Waals surface area contributed by atoms with Crippen LogP contribution in [-0.2, 0) is 31.0 Å². The molecule has 230 valence electrons. The normalized spacial score (nSPS) is 19.2. The van der Waals surface area contributed by atoms with E-state index in [1.807, 2.05) is 0 Å². The lowest BCUT2D eigenvalue weighted by molar-refractivity contribution is -0.384. The number of nitrogens with zero attached hydrogens (tertiary/aromatic N) is 3. The van der Waals surface area contributed by atoms with Crippen LogP contribution >= 0.6 is 34.7 Å². The molecule has 3 amide bonds. The number of carbonyl (C=O) groups excluding carboxylic acids is 3. The van der Waals surface area contributed by atoms with Crippen LogP contribution < -0.4 is 20.2 Å². The minimum Gasteiger partial charge on any atom is -0.325 e. The summed E-state index contributed by atoms with van der Waals surface area (Å²) in [5, 5.41) is 18.7. The fraction of sp³-hybridized carbons (Fsp3) is 0.143. The zero-order valence-electron chi connectivity index (χ0n) is 22.7. The molecule has 2 aliphatic heterocycles. The standard InChI is InChI=1S/C28H20ClN5O8S3/c29-15-3-1-14(2-4-15)21-22-23(26(37)33(25(22)36)17-7-9-18(10-8-17)34(39)40)43-27-24(21)44-28(38)32(27)13-20(35)31-16-5-11-19(12-6-16)45(30,41)42/h1-12,21-23H,13H2,(H,31,35)(H2,30,41,42). The van der Waals surface area contributed by atoms with Gasteiger partial charge < -0.3 is 5.32 Å². The molecule has 4 aromatic rings. The highest BCUT2D eigenvalue weighted by molar-refractivity contribution is 8.00. The molecule has 1 fully saturated rings. The summed E-state index contributed by atoms with van der Waals surface area (Å²) in [6.45, 7) is -0.423. The van der Waals surface area contributed by atoms with E-state index in [2.05, 4.69) is 5.32 Å². The van der Waals surface area contributed by atoms with Crippen molar-refractivity contribution in [2.75, 3.05) is 10.2 Å². The van der Waals surface area contributed by atoms with Crippen molar-refractivity contribution < 1.29 is 27.7 Å². The number of sulfonamides is 1. The summed E-state index contributed by atoms with van der Waals surface area (Å²) in [6.07, 6.45) is 0. The van der Waals surface area contributed by atoms with Gasteiger partial charge in [-0.3, -0.25) is 33.9 Å². The Morgan fingerprint density at radius 3 is 2.22 bits per heavy atom. The molecule has 0 aliphatic carbocycles. The number of nitrogens with two attached hydrogens (primary N) is 1. The van der Waals surface area contributed by atoms with Gasteiger partial charge in [0.15, 0.2) is 0 Å². The van der Waals surface area contributed by atoms with Gasteiger partial charge in [-0.2, -0.15) is 0 Å². The lowest BCUT2D eigenvalue weighted by Gasteiger charge is -2.30. The van der Waals surface area contributed by atoms with Crippen LogP contribution in [0.3, 0.4) is 0 Å². The fourth-order valence-corrected chi connectivity index (χ4v) is 8.75. The first-order valence-electron chi connectivity index (χ1n) is 13.0. The van der Waals surface area contributed by atoms with Gasteiger partial charge in [0.05, 0.1) is 26.5 Å². The summed E-state index contributed by atoms with van der Waals surface area (Å²) in [6, 6.07) is 16.9. The molecule has 3 N–H and O–H groups in total. The molecule has 13 nitrogen and oxygen atoms in total. The maximum atomic E-state index is 13.9. The van der Waals surface area contributed by atoms with E-state index in [9.17, 15) is 37.7 Å². The van der Waals surface area contributed by atoms with Gasteiger partial charge in [-0.05, 0) is 54.1 Å². The molecule has 3 heterocycles. The van der Waals surface area contributed by atoms with E-state index in [0.29, 0.717) is 20.5 Å². The molecule has 1 saturated heterocycles. The number of halogens is 1. The number of non-ortho nitro benzene ring substituents is 1. The Morgan fingerprint density at radius 1 is 0.978 bits per heavy atom. The number of rotatable bonds is 7. The minimum atomic E-state index is -3.93. The summed E-state index contributed by atoms with van der Waals surface area (Å²) in [7, 11) is -3.93. The zero-order chi connectivity index (χ0) is 32.2. The number of nitro benzene ring substituents is 1. The Bertz CT molecular complexity index is 2050. The van der Waals surface area contributed by atoms with E-state index in [4.69, 9.17) is 16.7 Å². The summed E-state index contributed by atoms with van der Waals surface area (Å²) in [5.74, 6) is -3.31. The van der Waals surface area contributed by atoms with Crippen LogP contribution in [0.1, 0.15) is 16.4 Å². The number of carbonyl (C=O) groups is 3. The Balaban J connectivity index is 1.36. The van der Waals surface area contributed by atoms with Gasteiger partial charge in [0.2, 0.25) is 27.7 Å². The predicted octanol–water partition coefficient (Wildman–Crippen LogP) is 3.55. The maximum Gasteiger partial charge on any atom is 0.308 e. The zero-order valence-corrected chi connectivity index (χ0v) is 25.9. The Morgan fingerprint density at radius 2 is 1.62 bits per heavy atom. The first-order chi connectivity index (χ1) is 21.3. The molecule has 1 aromatic heterocycles. The van der Waals surface area contributed by atoms with Crippen molar-refractivity contribution in [2.24, 2.45) is 11.1 Å². The number of anilines is 2. The molecule has 2 aliphatic rings. The molecule has 3 atom stereocenters. The van der Waals surface area contributed by atoms with E-state index in [-0.39, 0.29) is 22.0 Å². The number of thioether (sulfide) groups is 1. The second-order valence-corrected chi connectivity index (χ2v) is 14.2. The number of benzene rings is 3. The highest BCUT2D eigenvalue weighted by atomic mass is 35.5. The first kappa shape index (κ1) is 30.7. The van der Waals surface area contributed by atoms with Gasteiger partial charge in [0, 0.05) is 33.6 Å². The van der Waals surface area contributed by atoms with Crippen molar-refractivity contribution in [3.63, 3.8) is 0 Å². The van der Waals surface area contributed by atoms with Crippen molar-refractivity contribution in [3.05, 3.63) is 108 Å². The molecule has 6 rings (SSSR count). The summed E-state index contributed by atoms with van der Waals surface area (Å²) in [5.41, 5.74) is 0.879. The highest BCUT2D eigenvalue weighted by Crippen LogP contribution is 2.54. The molecule has 0 saturated carbocycles. The lowest BCUT2D eigenvalue weighted by Crippen LogP contribution is -2.33. The number of aromatic nitrogens is 1. The molecule has 0 bridgehead atoms. The molecule has 3 unspecified atom stereocenters. The van der Waals surface area contributed by atoms with Crippen LogP contribution in [0.15, 0.2) is 87.5 Å². The van der Waals surface area contributed by atoms with E-state index in [0.717, 1.165) is 28.0 Å². The third kappa shape index (κ3) is 5.66. The number of amides is 3. The van der Waals surface area contributed by atoms with Gasteiger partial charge in [-0.15, -0.1) is 0 Å². The SMILES string of the molecule is NS(=O)(=O)c1ccc(NC(=O)Cn2c3c(sc2=O)C(c2ccc(Cl)cc2)C2C(=O)N(c4ccc([N+](=O)[O-])cc4)C(=O)C2S3)cc1. The molecular weight excluding hydrogens is 666 g/mol. The Labute approximate surface area is 267 Å². The predicted molar refractivity (Wildman–Crippen MR) is 167 cm³/mol. The van der Waals surface area contributed by atoms with Crippen molar-refractivity contribution in [3.8, 4) is 0 Å².